The van der Waals surface area contributed by atoms with Crippen molar-refractivity contribution in [2.75, 3.05) is 0 Å². The fraction of sp³-hybridized carbons (Fsp3) is 0.400. The van der Waals surface area contributed by atoms with E-state index in [1.54, 1.807) is 12.5 Å². The van der Waals surface area contributed by atoms with E-state index < -0.39 is 0 Å². The van der Waals surface area contributed by atoms with Crippen LogP contribution in [0.1, 0.15) is 12.3 Å². The van der Waals surface area contributed by atoms with Crippen molar-refractivity contribution in [3.63, 3.8) is 0 Å². The van der Waals surface area contributed by atoms with Crippen molar-refractivity contribution in [3.05, 3.63) is 18.7 Å². The number of imidazole rings is 1. The van der Waals surface area contributed by atoms with Crippen LogP contribution in [0, 0.1) is 0 Å². The molecule has 1 aromatic rings. The highest BCUT2D eigenvalue weighted by Crippen LogP contribution is 2.06. The summed E-state index contributed by atoms with van der Waals surface area (Å²) in [4.78, 5) is 3.86. The molecule has 0 fully saturated rings. The zero-order valence-electron chi connectivity index (χ0n) is 4.65. The first-order chi connectivity index (χ1) is 3.80. The quantitative estimate of drug-likeness (QED) is 0.565. The molecular weight excluding hydrogens is 120 g/mol. The van der Waals surface area contributed by atoms with Crippen molar-refractivity contribution in [3.8, 4) is 0 Å². The fourth-order valence-electron chi connectivity index (χ4n) is 0.490. The highest BCUT2D eigenvalue weighted by Gasteiger charge is 1.91. The van der Waals surface area contributed by atoms with E-state index in [9.17, 15) is 0 Å². The summed E-state index contributed by atoms with van der Waals surface area (Å²) in [6.07, 6.45) is 5.38. The first-order valence-electron chi connectivity index (χ1n) is 2.46. The highest BCUT2D eigenvalue weighted by atomic mass is 32.1. The van der Waals surface area contributed by atoms with Gasteiger partial charge < -0.3 is 4.57 Å². The number of thiol groups is 1. The van der Waals surface area contributed by atoms with Gasteiger partial charge in [0, 0.05) is 12.4 Å². The summed E-state index contributed by atoms with van der Waals surface area (Å²) in [5.74, 6) is 0. The predicted octanol–water partition coefficient (Wildman–Crippen LogP) is 1.33. The topological polar surface area (TPSA) is 17.8 Å². The molecule has 2 nitrogen and oxygen atoms in total. The van der Waals surface area contributed by atoms with Crippen LogP contribution in [0.15, 0.2) is 18.7 Å². The summed E-state index contributed by atoms with van der Waals surface area (Å²) in [6, 6.07) is 0. The molecule has 0 saturated heterocycles. The van der Waals surface area contributed by atoms with E-state index in [-0.39, 0.29) is 5.37 Å². The zero-order valence-corrected chi connectivity index (χ0v) is 5.55. The molecule has 1 atom stereocenters. The van der Waals surface area contributed by atoms with Crippen LogP contribution in [0.2, 0.25) is 0 Å². The summed E-state index contributed by atoms with van der Waals surface area (Å²) in [7, 11) is 0. The van der Waals surface area contributed by atoms with E-state index >= 15 is 0 Å². The van der Waals surface area contributed by atoms with E-state index in [4.69, 9.17) is 0 Å². The smallest absolute Gasteiger partial charge is 0.0955 e. The van der Waals surface area contributed by atoms with Gasteiger partial charge in [-0.05, 0) is 6.92 Å². The molecule has 0 spiro atoms. The monoisotopic (exact) mass is 128 g/mol. The number of hydrogen-bond donors (Lipinski definition) is 1. The predicted molar refractivity (Wildman–Crippen MR) is 35.9 cm³/mol. The number of nitrogens with zero attached hydrogens (tertiary/aromatic N) is 2. The molecule has 0 bridgehead atoms. The van der Waals surface area contributed by atoms with Crippen LogP contribution < -0.4 is 0 Å². The molecule has 0 aliphatic carbocycles. The molecule has 0 aromatic carbocycles. The Balaban J connectivity index is 2.77. The molecule has 1 heterocycles. The van der Waals surface area contributed by atoms with Crippen LogP contribution in [0.25, 0.3) is 0 Å². The van der Waals surface area contributed by atoms with Gasteiger partial charge in [-0.15, -0.1) is 0 Å². The molecule has 8 heavy (non-hydrogen) atoms. The lowest BCUT2D eigenvalue weighted by Crippen LogP contribution is -1.92. The Labute approximate surface area is 54.0 Å². The van der Waals surface area contributed by atoms with Crippen LogP contribution in [0.5, 0.6) is 0 Å². The Kier molecular flexibility index (Phi) is 1.58. The molecule has 0 saturated carbocycles. The molecule has 0 radical (unpaired) electrons. The van der Waals surface area contributed by atoms with Crippen molar-refractivity contribution in [2.24, 2.45) is 0 Å². The van der Waals surface area contributed by atoms with Crippen molar-refractivity contribution >= 4 is 12.6 Å². The summed E-state index contributed by atoms with van der Waals surface area (Å²) < 4.78 is 1.92. The average molecular weight is 128 g/mol. The van der Waals surface area contributed by atoms with Gasteiger partial charge >= 0.3 is 0 Å². The largest absolute Gasteiger partial charge is 0.326 e. The summed E-state index contributed by atoms with van der Waals surface area (Å²) >= 11 is 4.18. The minimum atomic E-state index is 0.234. The maximum Gasteiger partial charge on any atom is 0.0955 e. The zero-order chi connectivity index (χ0) is 5.98. The van der Waals surface area contributed by atoms with Crippen molar-refractivity contribution in [1.82, 2.24) is 9.55 Å². The Morgan fingerprint density at radius 1 is 1.75 bits per heavy atom. The second-order valence-corrected chi connectivity index (χ2v) is 2.39. The fourth-order valence-corrected chi connectivity index (χ4v) is 0.627. The van der Waals surface area contributed by atoms with E-state index in [0.29, 0.717) is 0 Å². The van der Waals surface area contributed by atoms with Crippen molar-refractivity contribution < 1.29 is 0 Å². The third-order valence-electron chi connectivity index (χ3n) is 0.956. The lowest BCUT2D eigenvalue weighted by Gasteiger charge is -2.01. The second-order valence-electron chi connectivity index (χ2n) is 1.64. The molecule has 3 heteroatoms. The summed E-state index contributed by atoms with van der Waals surface area (Å²) in [6.45, 7) is 1.99. The van der Waals surface area contributed by atoms with Gasteiger partial charge in [0.15, 0.2) is 0 Å². The number of hydrogen-bond acceptors (Lipinski definition) is 2. The lowest BCUT2D eigenvalue weighted by molar-refractivity contribution is 0.744. The maximum atomic E-state index is 4.18. The Morgan fingerprint density at radius 3 is 2.75 bits per heavy atom. The van der Waals surface area contributed by atoms with Gasteiger partial charge in [0.05, 0.1) is 11.7 Å². The van der Waals surface area contributed by atoms with Gasteiger partial charge in [-0.1, -0.05) is 0 Å². The minimum Gasteiger partial charge on any atom is -0.326 e. The Morgan fingerprint density at radius 2 is 2.50 bits per heavy atom. The standard InChI is InChI=1S/C5H8N2S/c1-5(8)7-3-2-6-4-7/h2-5,8H,1H3/t5-/m0/s1. The van der Waals surface area contributed by atoms with Gasteiger partial charge in [0.25, 0.3) is 0 Å². The van der Waals surface area contributed by atoms with E-state index in [1.807, 2.05) is 17.7 Å². The second kappa shape index (κ2) is 2.22. The van der Waals surface area contributed by atoms with E-state index in [1.165, 1.54) is 0 Å². The Bertz CT molecular complexity index is 145. The van der Waals surface area contributed by atoms with Crippen LogP contribution in [0.3, 0.4) is 0 Å². The third-order valence-corrected chi connectivity index (χ3v) is 1.22. The molecule has 0 N–H and O–H groups in total. The molecule has 0 unspecified atom stereocenters. The van der Waals surface area contributed by atoms with Crippen molar-refractivity contribution in [2.45, 2.75) is 12.3 Å². The lowest BCUT2D eigenvalue weighted by atomic mass is 10.7. The highest BCUT2D eigenvalue weighted by molar-refractivity contribution is 7.80. The molecule has 1 rings (SSSR count). The van der Waals surface area contributed by atoms with Crippen LogP contribution >= 0.6 is 12.6 Å². The average Bonchev–Trinajstić information content (AvgIpc) is 2.12. The van der Waals surface area contributed by atoms with Gasteiger partial charge in [-0.2, -0.15) is 12.6 Å². The molecule has 0 amide bonds. The van der Waals surface area contributed by atoms with E-state index in [2.05, 4.69) is 17.6 Å². The van der Waals surface area contributed by atoms with Gasteiger partial charge in [0.1, 0.15) is 0 Å². The molecule has 0 aliphatic rings. The number of aromatic nitrogens is 2. The number of rotatable bonds is 1. The van der Waals surface area contributed by atoms with Gasteiger partial charge in [-0.25, -0.2) is 4.98 Å². The Hall–Kier alpha value is -0.440. The van der Waals surface area contributed by atoms with Crippen LogP contribution in [0.4, 0.5) is 0 Å². The molecule has 44 valence electrons. The normalized spacial score (nSPS) is 13.8. The molecular formula is C5H8N2S. The molecule has 0 aliphatic heterocycles. The first kappa shape index (κ1) is 5.69. The van der Waals surface area contributed by atoms with Crippen molar-refractivity contribution in [1.29, 1.82) is 0 Å². The maximum absolute atomic E-state index is 4.18. The van der Waals surface area contributed by atoms with Crippen LogP contribution in [-0.4, -0.2) is 9.55 Å². The summed E-state index contributed by atoms with van der Waals surface area (Å²) in [5, 5.41) is 0.234. The SMILES string of the molecule is C[C@H](S)n1ccnc1. The van der Waals surface area contributed by atoms with E-state index in [0.717, 1.165) is 0 Å². The molecule has 1 aromatic heterocycles. The summed E-state index contributed by atoms with van der Waals surface area (Å²) in [5.41, 5.74) is 0. The van der Waals surface area contributed by atoms with Gasteiger partial charge in [-0.3, -0.25) is 0 Å². The van der Waals surface area contributed by atoms with Gasteiger partial charge in [0.2, 0.25) is 0 Å². The third kappa shape index (κ3) is 1.04. The van der Waals surface area contributed by atoms with Crippen LogP contribution in [-0.2, 0) is 0 Å². The minimum absolute atomic E-state index is 0.234. The first-order valence-corrected chi connectivity index (χ1v) is 2.98.